The van der Waals surface area contributed by atoms with Crippen LogP contribution in [0.2, 0.25) is 0 Å². The normalized spacial score (nSPS) is 27.8. The van der Waals surface area contributed by atoms with Gasteiger partial charge >= 0.3 is 0 Å². The van der Waals surface area contributed by atoms with E-state index < -0.39 is 0 Å². The first-order chi connectivity index (χ1) is 14.3. The van der Waals surface area contributed by atoms with Crippen LogP contribution in [0.15, 0.2) is 28.3 Å². The van der Waals surface area contributed by atoms with Gasteiger partial charge in [-0.25, -0.2) is 4.68 Å². The van der Waals surface area contributed by atoms with Crippen molar-refractivity contribution in [2.75, 3.05) is 19.8 Å². The second-order valence-electron chi connectivity index (χ2n) is 7.83. The first-order valence-corrected chi connectivity index (χ1v) is 10.5. The number of nitrogens with zero attached hydrogens (tertiary/aromatic N) is 4. The summed E-state index contributed by atoms with van der Waals surface area (Å²) in [5, 5.41) is 10.3. The molecule has 3 aliphatic heterocycles. The van der Waals surface area contributed by atoms with E-state index in [-0.39, 0.29) is 18.5 Å². The minimum Gasteiger partial charge on any atom is -0.491 e. The molecule has 5 rings (SSSR count). The van der Waals surface area contributed by atoms with Crippen molar-refractivity contribution in [1.29, 1.82) is 0 Å². The van der Waals surface area contributed by atoms with Crippen molar-refractivity contribution in [1.82, 2.24) is 15.2 Å². The van der Waals surface area contributed by atoms with Crippen LogP contribution in [0.5, 0.6) is 5.75 Å². The van der Waals surface area contributed by atoms with Crippen molar-refractivity contribution in [2.24, 2.45) is 10.1 Å². The third-order valence-corrected chi connectivity index (χ3v) is 5.60. The smallest absolute Gasteiger partial charge is 0.150 e. The zero-order valence-electron chi connectivity index (χ0n) is 16.7. The predicted octanol–water partition coefficient (Wildman–Crippen LogP) is 3.02. The van der Waals surface area contributed by atoms with Gasteiger partial charge < -0.3 is 14.2 Å². The van der Waals surface area contributed by atoms with Gasteiger partial charge in [-0.05, 0) is 44.4 Å². The topological polar surface area (TPSA) is 82.3 Å². The van der Waals surface area contributed by atoms with Gasteiger partial charge in [0, 0.05) is 24.8 Å². The first kappa shape index (κ1) is 18.6. The zero-order valence-corrected chi connectivity index (χ0v) is 16.7. The molecule has 154 valence electrons. The first-order valence-electron chi connectivity index (χ1n) is 10.5. The second-order valence-corrected chi connectivity index (χ2v) is 7.83. The van der Waals surface area contributed by atoms with E-state index in [9.17, 15) is 0 Å². The van der Waals surface area contributed by atoms with Crippen LogP contribution in [0.25, 0.3) is 10.9 Å². The molecular formula is C21H27N5O3. The Morgan fingerprint density at radius 2 is 2.03 bits per heavy atom. The molecule has 8 nitrogen and oxygen atoms in total. The van der Waals surface area contributed by atoms with Gasteiger partial charge in [-0.1, -0.05) is 0 Å². The number of benzene rings is 1. The number of aromatic nitrogens is 2. The maximum Gasteiger partial charge on any atom is 0.150 e. The third kappa shape index (κ3) is 3.86. The number of fused-ring (bicyclic) bond motifs is 3. The Morgan fingerprint density at radius 3 is 2.93 bits per heavy atom. The van der Waals surface area contributed by atoms with Crippen LogP contribution in [-0.2, 0) is 9.47 Å². The average molecular weight is 397 g/mol. The van der Waals surface area contributed by atoms with Crippen molar-refractivity contribution in [3.63, 3.8) is 0 Å². The summed E-state index contributed by atoms with van der Waals surface area (Å²) in [6, 6.07) is 6.15. The summed E-state index contributed by atoms with van der Waals surface area (Å²) in [6.45, 7) is 4.14. The molecule has 3 atom stereocenters. The second kappa shape index (κ2) is 8.12. The van der Waals surface area contributed by atoms with Crippen LogP contribution in [0, 0.1) is 0 Å². The van der Waals surface area contributed by atoms with Gasteiger partial charge in [-0.15, -0.1) is 0 Å². The number of hydrogen-bond acceptors (Lipinski definition) is 7. The van der Waals surface area contributed by atoms with Gasteiger partial charge in [0.05, 0.1) is 31.0 Å². The van der Waals surface area contributed by atoms with Crippen molar-refractivity contribution >= 4 is 22.8 Å². The summed E-state index contributed by atoms with van der Waals surface area (Å²) in [5.74, 6) is 0.829. The van der Waals surface area contributed by atoms with E-state index >= 15 is 0 Å². The van der Waals surface area contributed by atoms with Crippen molar-refractivity contribution in [3.8, 4) is 5.75 Å². The molecule has 4 bridgehead atoms. The lowest BCUT2D eigenvalue weighted by atomic mass is 10.1. The average Bonchev–Trinajstić information content (AvgIpc) is 3.13. The lowest BCUT2D eigenvalue weighted by Crippen LogP contribution is -2.31. The summed E-state index contributed by atoms with van der Waals surface area (Å²) in [6.07, 6.45) is 6.48. The minimum atomic E-state index is -0.110. The highest BCUT2D eigenvalue weighted by Crippen LogP contribution is 2.31. The van der Waals surface area contributed by atoms with Crippen LogP contribution in [0.4, 0.5) is 0 Å². The van der Waals surface area contributed by atoms with Crippen LogP contribution >= 0.6 is 0 Å². The van der Waals surface area contributed by atoms with E-state index in [1.54, 1.807) is 6.21 Å². The maximum absolute atomic E-state index is 6.14. The maximum atomic E-state index is 6.14. The van der Waals surface area contributed by atoms with Crippen LogP contribution in [0.3, 0.4) is 0 Å². The monoisotopic (exact) mass is 397 g/mol. The molecule has 8 heteroatoms. The van der Waals surface area contributed by atoms with Gasteiger partial charge in [0.1, 0.15) is 23.3 Å². The molecule has 0 spiro atoms. The summed E-state index contributed by atoms with van der Waals surface area (Å²) in [4.78, 5) is 4.84. The molecule has 3 aliphatic rings. The fourth-order valence-electron chi connectivity index (χ4n) is 4.02. The highest BCUT2D eigenvalue weighted by molar-refractivity contribution is 6.40. The Kier molecular flexibility index (Phi) is 5.20. The standard InChI is InChI=1S/C21H27N5O3/c1-14-7-10-27-11-8-19-23-17(13-22-24-19)21-16-12-15(29-14)5-6-18(16)26(25-21)20-4-2-3-9-28-20/h5-6,12-14,19-20,24H,2-4,7-11H2,1H3/t14-,19?,20?/m0/s1. The number of hydrogen-bond donors (Lipinski definition) is 1. The molecule has 0 radical (unpaired) electrons. The largest absolute Gasteiger partial charge is 0.491 e. The van der Waals surface area contributed by atoms with E-state index in [0.29, 0.717) is 13.2 Å². The van der Waals surface area contributed by atoms with E-state index in [1.807, 2.05) is 10.7 Å². The summed E-state index contributed by atoms with van der Waals surface area (Å²) in [5.41, 5.74) is 5.70. The third-order valence-electron chi connectivity index (χ3n) is 5.60. The summed E-state index contributed by atoms with van der Waals surface area (Å²) in [7, 11) is 0. The molecule has 2 aromatic rings. The Morgan fingerprint density at radius 1 is 1.10 bits per heavy atom. The van der Waals surface area contributed by atoms with Gasteiger partial charge in [-0.3, -0.25) is 10.4 Å². The molecule has 0 saturated carbocycles. The molecular weight excluding hydrogens is 370 g/mol. The highest BCUT2D eigenvalue weighted by atomic mass is 16.5. The molecule has 2 unspecified atom stereocenters. The van der Waals surface area contributed by atoms with Gasteiger partial charge in [0.15, 0.2) is 6.23 Å². The van der Waals surface area contributed by atoms with Gasteiger partial charge in [-0.2, -0.15) is 10.2 Å². The lowest BCUT2D eigenvalue weighted by Gasteiger charge is -2.23. The Labute approximate surface area is 169 Å². The number of hydrazone groups is 1. The highest BCUT2D eigenvalue weighted by Gasteiger charge is 2.25. The number of aliphatic imine (C=N–C) groups is 1. The van der Waals surface area contributed by atoms with Crippen molar-refractivity contribution in [2.45, 2.75) is 57.5 Å². The molecule has 0 aliphatic carbocycles. The van der Waals surface area contributed by atoms with E-state index in [4.69, 9.17) is 24.3 Å². The minimum absolute atomic E-state index is 0.0452. The molecule has 1 fully saturated rings. The Hall–Kier alpha value is -2.45. The van der Waals surface area contributed by atoms with E-state index in [0.717, 1.165) is 66.8 Å². The SMILES string of the molecule is C[C@H]1CCOCCC2N=C(C=NN2)c2nn(C3CCCCO3)c3ccc(cc23)O1. The van der Waals surface area contributed by atoms with Gasteiger partial charge in [0.25, 0.3) is 0 Å². The molecule has 29 heavy (non-hydrogen) atoms. The van der Waals surface area contributed by atoms with Crippen molar-refractivity contribution < 1.29 is 14.2 Å². The molecule has 1 saturated heterocycles. The number of ether oxygens (including phenoxy) is 3. The Balaban J connectivity index is 1.62. The quantitative estimate of drug-likeness (QED) is 0.800. The Bertz CT molecular complexity index is 932. The fraction of sp³-hybridized carbons (Fsp3) is 0.571. The number of nitrogens with one attached hydrogen (secondary N) is 1. The molecule has 0 amide bonds. The number of rotatable bonds is 1. The molecule has 4 heterocycles. The molecule has 1 aromatic carbocycles. The predicted molar refractivity (Wildman–Crippen MR) is 111 cm³/mol. The van der Waals surface area contributed by atoms with Crippen LogP contribution < -0.4 is 10.2 Å². The van der Waals surface area contributed by atoms with E-state index in [1.165, 1.54) is 0 Å². The summed E-state index contributed by atoms with van der Waals surface area (Å²) >= 11 is 0. The molecule has 1 aromatic heterocycles. The fourth-order valence-corrected chi connectivity index (χ4v) is 4.02. The molecule has 1 N–H and O–H groups in total. The summed E-state index contributed by atoms with van der Waals surface area (Å²) < 4.78 is 19.9. The van der Waals surface area contributed by atoms with E-state index in [2.05, 4.69) is 29.6 Å². The van der Waals surface area contributed by atoms with Crippen LogP contribution in [0.1, 0.15) is 50.9 Å². The van der Waals surface area contributed by atoms with Crippen LogP contribution in [-0.4, -0.2) is 53.8 Å². The lowest BCUT2D eigenvalue weighted by molar-refractivity contribution is -0.0367. The van der Waals surface area contributed by atoms with Gasteiger partial charge in [0.2, 0.25) is 0 Å². The van der Waals surface area contributed by atoms with Crippen molar-refractivity contribution in [3.05, 3.63) is 23.9 Å². The zero-order chi connectivity index (χ0) is 19.6.